The van der Waals surface area contributed by atoms with Gasteiger partial charge in [-0.25, -0.2) is 4.79 Å². The molecule has 0 aliphatic carbocycles. The van der Waals surface area contributed by atoms with Gasteiger partial charge in [-0.05, 0) is 24.3 Å². The molecule has 2 heterocycles. The van der Waals surface area contributed by atoms with Crippen molar-refractivity contribution in [3.63, 3.8) is 0 Å². The first kappa shape index (κ1) is 10.5. The van der Waals surface area contributed by atoms with Crippen LogP contribution in [-0.2, 0) is 18.0 Å². The van der Waals surface area contributed by atoms with Crippen molar-refractivity contribution in [1.82, 2.24) is 0 Å². The fraction of sp³-hybridized carbons (Fsp3) is 0.182. The summed E-state index contributed by atoms with van der Waals surface area (Å²) < 4.78 is 15.4. The molecular weight excluding hydrogens is 212 g/mol. The molecule has 0 saturated heterocycles. The van der Waals surface area contributed by atoms with Crippen molar-refractivity contribution in [3.05, 3.63) is 47.8 Å². The molecule has 0 spiro atoms. The molecule has 84 valence electrons. The quantitative estimate of drug-likeness (QED) is 0.840. The molecule has 2 aromatic rings. The van der Waals surface area contributed by atoms with Crippen LogP contribution >= 0.6 is 0 Å². The first-order chi connectivity index (χ1) is 7.75. The van der Waals surface area contributed by atoms with E-state index in [2.05, 4.69) is 0 Å². The topological polar surface area (TPSA) is 72.8 Å². The van der Waals surface area contributed by atoms with Gasteiger partial charge in [0.25, 0.3) is 0 Å². The van der Waals surface area contributed by atoms with Crippen LogP contribution in [-0.4, -0.2) is 11.1 Å². The van der Waals surface area contributed by atoms with Gasteiger partial charge >= 0.3 is 5.97 Å². The fourth-order valence-electron chi connectivity index (χ4n) is 1.22. The van der Waals surface area contributed by atoms with Crippen LogP contribution in [0.5, 0.6) is 0 Å². The van der Waals surface area contributed by atoms with E-state index < -0.39 is 5.97 Å². The summed E-state index contributed by atoms with van der Waals surface area (Å²) in [7, 11) is 0. The van der Waals surface area contributed by atoms with Crippen LogP contribution in [0.25, 0.3) is 0 Å². The molecule has 0 unspecified atom stereocenters. The maximum absolute atomic E-state index is 10.5. The predicted octanol–water partition coefficient (Wildman–Crippen LogP) is 2.29. The Morgan fingerprint density at radius 3 is 2.69 bits per heavy atom. The summed E-state index contributed by atoms with van der Waals surface area (Å²) in [4.78, 5) is 10.5. The molecule has 5 nitrogen and oxygen atoms in total. The third kappa shape index (κ3) is 2.52. The SMILES string of the molecule is O=C(O)c1ccc(COCc2ccco2)o1. The molecule has 0 amide bonds. The van der Waals surface area contributed by atoms with Crippen molar-refractivity contribution in [1.29, 1.82) is 0 Å². The Hall–Kier alpha value is -2.01. The summed E-state index contributed by atoms with van der Waals surface area (Å²) >= 11 is 0. The molecule has 5 heteroatoms. The zero-order valence-corrected chi connectivity index (χ0v) is 8.38. The predicted molar refractivity (Wildman–Crippen MR) is 52.9 cm³/mol. The minimum Gasteiger partial charge on any atom is -0.475 e. The van der Waals surface area contributed by atoms with Gasteiger partial charge in [-0.1, -0.05) is 0 Å². The van der Waals surface area contributed by atoms with E-state index in [0.29, 0.717) is 18.1 Å². The zero-order chi connectivity index (χ0) is 11.4. The van der Waals surface area contributed by atoms with E-state index in [1.807, 2.05) is 0 Å². The first-order valence-corrected chi connectivity index (χ1v) is 4.68. The fourth-order valence-corrected chi connectivity index (χ4v) is 1.22. The Morgan fingerprint density at radius 2 is 2.06 bits per heavy atom. The Kier molecular flexibility index (Phi) is 3.07. The Labute approximate surface area is 91.2 Å². The first-order valence-electron chi connectivity index (χ1n) is 4.68. The molecule has 0 bridgehead atoms. The average Bonchev–Trinajstić information content (AvgIpc) is 2.87. The van der Waals surface area contributed by atoms with Crippen molar-refractivity contribution >= 4 is 5.97 Å². The largest absolute Gasteiger partial charge is 0.475 e. The lowest BCUT2D eigenvalue weighted by Crippen LogP contribution is -1.93. The minimum atomic E-state index is -1.09. The summed E-state index contributed by atoms with van der Waals surface area (Å²) in [5, 5.41) is 8.62. The monoisotopic (exact) mass is 222 g/mol. The number of aromatic carboxylic acids is 1. The van der Waals surface area contributed by atoms with Gasteiger partial charge in [-0.2, -0.15) is 0 Å². The van der Waals surface area contributed by atoms with Gasteiger partial charge in [0.1, 0.15) is 24.7 Å². The highest BCUT2D eigenvalue weighted by atomic mass is 16.5. The van der Waals surface area contributed by atoms with Gasteiger partial charge in [-0.15, -0.1) is 0 Å². The normalized spacial score (nSPS) is 10.5. The van der Waals surface area contributed by atoms with Crippen LogP contribution in [0.2, 0.25) is 0 Å². The van der Waals surface area contributed by atoms with Gasteiger partial charge in [0.05, 0.1) is 6.26 Å². The van der Waals surface area contributed by atoms with Crippen molar-refractivity contribution in [2.75, 3.05) is 0 Å². The highest BCUT2D eigenvalue weighted by molar-refractivity contribution is 5.84. The number of carbonyl (C=O) groups is 1. The number of rotatable bonds is 5. The van der Waals surface area contributed by atoms with E-state index in [1.54, 1.807) is 24.5 Å². The molecule has 0 fully saturated rings. The van der Waals surface area contributed by atoms with Gasteiger partial charge < -0.3 is 18.7 Å². The number of hydrogen-bond acceptors (Lipinski definition) is 4. The summed E-state index contributed by atoms with van der Waals surface area (Å²) in [6.07, 6.45) is 1.56. The summed E-state index contributed by atoms with van der Waals surface area (Å²) in [6, 6.07) is 6.54. The summed E-state index contributed by atoms with van der Waals surface area (Å²) in [5.41, 5.74) is 0. The van der Waals surface area contributed by atoms with E-state index in [-0.39, 0.29) is 12.4 Å². The zero-order valence-electron chi connectivity index (χ0n) is 8.38. The maximum Gasteiger partial charge on any atom is 0.371 e. The van der Waals surface area contributed by atoms with Gasteiger partial charge in [0.15, 0.2) is 0 Å². The molecule has 2 rings (SSSR count). The van der Waals surface area contributed by atoms with E-state index in [1.165, 1.54) is 6.07 Å². The standard InChI is InChI=1S/C11H10O5/c12-11(13)10-4-3-9(16-10)7-14-6-8-2-1-5-15-8/h1-5H,6-7H2,(H,12,13). The summed E-state index contributed by atoms with van der Waals surface area (Å²) in [5.74, 6) is 0.0165. The molecule has 2 aromatic heterocycles. The molecule has 0 aromatic carbocycles. The number of carboxylic acid groups (broad SMARTS) is 1. The Balaban J connectivity index is 1.83. The summed E-state index contributed by atoms with van der Waals surface area (Å²) in [6.45, 7) is 0.546. The second-order valence-corrected chi connectivity index (χ2v) is 3.14. The van der Waals surface area contributed by atoms with Gasteiger partial charge in [-0.3, -0.25) is 0 Å². The third-order valence-corrected chi connectivity index (χ3v) is 1.94. The number of ether oxygens (including phenoxy) is 1. The van der Waals surface area contributed by atoms with Crippen LogP contribution < -0.4 is 0 Å². The van der Waals surface area contributed by atoms with Crippen molar-refractivity contribution in [3.8, 4) is 0 Å². The second-order valence-electron chi connectivity index (χ2n) is 3.14. The molecule has 0 radical (unpaired) electrons. The number of furan rings is 2. The van der Waals surface area contributed by atoms with Crippen LogP contribution in [0, 0.1) is 0 Å². The molecular formula is C11H10O5. The lowest BCUT2D eigenvalue weighted by Gasteiger charge is -1.98. The van der Waals surface area contributed by atoms with E-state index >= 15 is 0 Å². The van der Waals surface area contributed by atoms with Crippen molar-refractivity contribution < 1.29 is 23.5 Å². The van der Waals surface area contributed by atoms with Crippen LogP contribution in [0.15, 0.2) is 39.4 Å². The van der Waals surface area contributed by atoms with Gasteiger partial charge in [0.2, 0.25) is 5.76 Å². The molecule has 16 heavy (non-hydrogen) atoms. The van der Waals surface area contributed by atoms with Crippen LogP contribution in [0.1, 0.15) is 22.1 Å². The third-order valence-electron chi connectivity index (χ3n) is 1.94. The number of carboxylic acids is 1. The Bertz CT molecular complexity index is 454. The minimum absolute atomic E-state index is 0.0865. The molecule has 0 saturated carbocycles. The average molecular weight is 222 g/mol. The number of hydrogen-bond donors (Lipinski definition) is 1. The van der Waals surface area contributed by atoms with Crippen molar-refractivity contribution in [2.24, 2.45) is 0 Å². The Morgan fingerprint density at radius 1 is 1.25 bits per heavy atom. The lowest BCUT2D eigenvalue weighted by molar-refractivity contribution is 0.0628. The van der Waals surface area contributed by atoms with E-state index in [0.717, 1.165) is 0 Å². The highest BCUT2D eigenvalue weighted by Gasteiger charge is 2.08. The molecule has 0 atom stereocenters. The maximum atomic E-state index is 10.5. The highest BCUT2D eigenvalue weighted by Crippen LogP contribution is 2.10. The molecule has 0 aliphatic rings. The van der Waals surface area contributed by atoms with Crippen molar-refractivity contribution in [2.45, 2.75) is 13.2 Å². The second kappa shape index (κ2) is 4.67. The van der Waals surface area contributed by atoms with E-state index in [9.17, 15) is 4.79 Å². The smallest absolute Gasteiger partial charge is 0.371 e. The van der Waals surface area contributed by atoms with E-state index in [4.69, 9.17) is 18.7 Å². The van der Waals surface area contributed by atoms with Crippen LogP contribution in [0.4, 0.5) is 0 Å². The van der Waals surface area contributed by atoms with Gasteiger partial charge in [0, 0.05) is 0 Å². The van der Waals surface area contributed by atoms with Crippen LogP contribution in [0.3, 0.4) is 0 Å². The molecule has 0 aliphatic heterocycles. The lowest BCUT2D eigenvalue weighted by atomic mass is 10.4. The molecule has 1 N–H and O–H groups in total.